The van der Waals surface area contributed by atoms with E-state index in [0.717, 1.165) is 0 Å². The van der Waals surface area contributed by atoms with Crippen LogP contribution in [0.1, 0.15) is 24.0 Å². The molecular formula is C13H22ClNO4. The Morgan fingerprint density at radius 2 is 1.47 bits per heavy atom. The van der Waals surface area contributed by atoms with Crippen molar-refractivity contribution in [2.75, 3.05) is 20.1 Å². The van der Waals surface area contributed by atoms with Gasteiger partial charge in [-0.15, -0.1) is 0 Å². The average molecular weight is 292 g/mol. The molecule has 3 N–H and O–H groups in total. The van der Waals surface area contributed by atoms with Gasteiger partial charge in [-0.3, -0.25) is 0 Å². The zero-order valence-corrected chi connectivity index (χ0v) is 11.9. The molecule has 0 saturated heterocycles. The van der Waals surface area contributed by atoms with Gasteiger partial charge in [0.05, 0.1) is 0 Å². The minimum absolute atomic E-state index is 1.23. The van der Waals surface area contributed by atoms with Crippen LogP contribution in [0.4, 0.5) is 0 Å². The first-order valence-electron chi connectivity index (χ1n) is 6.27. The van der Waals surface area contributed by atoms with Crippen molar-refractivity contribution in [2.45, 2.75) is 25.7 Å². The van der Waals surface area contributed by atoms with E-state index in [0.29, 0.717) is 0 Å². The van der Waals surface area contributed by atoms with Crippen molar-refractivity contribution >= 4 is 0 Å². The van der Waals surface area contributed by atoms with E-state index in [2.05, 4.69) is 36.2 Å². The Labute approximate surface area is 115 Å². The summed E-state index contributed by atoms with van der Waals surface area (Å²) < 4.78 is 30.2. The van der Waals surface area contributed by atoms with Gasteiger partial charge in [0.1, 0.15) is 0 Å². The van der Waals surface area contributed by atoms with E-state index in [9.17, 15) is 0 Å². The van der Waals surface area contributed by atoms with Crippen LogP contribution in [0.2, 0.25) is 0 Å². The maximum atomic E-state index is 8.83. The molecule has 5 nitrogen and oxygen atoms in total. The quantitative estimate of drug-likeness (QED) is 0.607. The van der Waals surface area contributed by atoms with Crippen molar-refractivity contribution in [1.29, 1.82) is 0 Å². The van der Waals surface area contributed by atoms with E-state index in [-0.39, 0.29) is 0 Å². The molecule has 0 atom stereocenters. The standard InChI is InChI=1S/C13H19N.ClH3O4/c1-14-9-3-7-12-5-2-6-13(11-12)8-4-10-14;2-1(3,4)5/h2,5-6,11H,3-4,7-10H2,1H3;2-4H. The first-order valence-corrected chi connectivity index (χ1v) is 7.59. The van der Waals surface area contributed by atoms with Gasteiger partial charge < -0.3 is 4.90 Å². The molecular weight excluding hydrogens is 270 g/mol. The predicted octanol–water partition coefficient (Wildman–Crippen LogP) is -0.363. The summed E-state index contributed by atoms with van der Waals surface area (Å²) in [6, 6.07) is 9.09. The molecule has 0 fully saturated rings. The summed E-state index contributed by atoms with van der Waals surface area (Å²) in [5.74, 6) is 0. The first kappa shape index (κ1) is 16.4. The summed E-state index contributed by atoms with van der Waals surface area (Å²) in [6.07, 6.45) is 5.05. The second-order valence-corrected chi connectivity index (χ2v) is 5.63. The molecule has 1 aromatic rings. The molecule has 1 aliphatic heterocycles. The molecule has 2 rings (SSSR count). The zero-order chi connectivity index (χ0) is 14.3. The van der Waals surface area contributed by atoms with Crippen molar-refractivity contribution in [3.05, 3.63) is 35.4 Å². The number of nitrogens with zero attached hydrogens (tertiary/aromatic N) is 1. The molecule has 6 heteroatoms. The number of halogens is 1. The summed E-state index contributed by atoms with van der Waals surface area (Å²) in [4.78, 5) is 2.45. The van der Waals surface area contributed by atoms with Gasteiger partial charge in [0.25, 0.3) is 0 Å². The second-order valence-electron chi connectivity index (χ2n) is 4.76. The maximum absolute atomic E-state index is 8.83. The molecule has 0 radical (unpaired) electrons. The predicted molar refractivity (Wildman–Crippen MR) is 67.2 cm³/mol. The van der Waals surface area contributed by atoms with Crippen LogP contribution in [0.25, 0.3) is 0 Å². The van der Waals surface area contributed by atoms with Crippen molar-refractivity contribution < 1.29 is 28.9 Å². The second kappa shape index (κ2) is 7.79. The van der Waals surface area contributed by atoms with Crippen LogP contribution in [0.15, 0.2) is 24.3 Å². The summed E-state index contributed by atoms with van der Waals surface area (Å²) in [5.41, 5.74) is 3.02. The van der Waals surface area contributed by atoms with Crippen molar-refractivity contribution in [2.24, 2.45) is 0 Å². The number of hydrogen-bond donors (Lipinski definition) is 3. The molecule has 0 unspecified atom stereocenters. The fraction of sp³-hybridized carbons (Fsp3) is 0.538. The molecule has 2 bridgehead atoms. The van der Waals surface area contributed by atoms with Crippen LogP contribution in [0.5, 0.6) is 0 Å². The Balaban J connectivity index is 0.000000312. The molecule has 0 amide bonds. The van der Waals surface area contributed by atoms with Gasteiger partial charge in [0.2, 0.25) is 0 Å². The van der Waals surface area contributed by atoms with E-state index in [1.54, 1.807) is 0 Å². The van der Waals surface area contributed by atoms with Crippen LogP contribution in [0.3, 0.4) is 0 Å². The topological polar surface area (TPSA) is 87.0 Å². The van der Waals surface area contributed by atoms with Crippen LogP contribution >= 0.6 is 0 Å². The monoisotopic (exact) mass is 291 g/mol. The van der Waals surface area contributed by atoms with Gasteiger partial charge in [-0.1, -0.05) is 24.3 Å². The fourth-order valence-corrected chi connectivity index (χ4v) is 2.16. The van der Waals surface area contributed by atoms with Gasteiger partial charge in [-0.05, 0) is 56.9 Å². The Morgan fingerprint density at radius 3 is 1.89 bits per heavy atom. The van der Waals surface area contributed by atoms with Gasteiger partial charge >= 0.3 is 28.9 Å². The van der Waals surface area contributed by atoms with Crippen molar-refractivity contribution in [3.8, 4) is 0 Å². The summed E-state index contributed by atoms with van der Waals surface area (Å²) in [7, 11) is -1.96. The van der Waals surface area contributed by atoms with Crippen molar-refractivity contribution in [3.63, 3.8) is 0 Å². The molecule has 1 aromatic carbocycles. The molecule has 0 saturated carbocycles. The molecule has 1 heterocycles. The van der Waals surface area contributed by atoms with Gasteiger partial charge in [-0.25, -0.2) is 0 Å². The number of benzene rings is 1. The van der Waals surface area contributed by atoms with Gasteiger partial charge in [0, 0.05) is 0 Å². The third-order valence-electron chi connectivity index (χ3n) is 3.00. The summed E-state index contributed by atoms with van der Waals surface area (Å²) in [5, 5.41) is 0. The molecule has 19 heavy (non-hydrogen) atoms. The van der Waals surface area contributed by atoms with Crippen LogP contribution in [-0.4, -0.2) is 39.0 Å². The Kier molecular flexibility index (Phi) is 6.71. The fourth-order valence-electron chi connectivity index (χ4n) is 2.16. The minimum atomic E-state index is -4.19. The van der Waals surface area contributed by atoms with Gasteiger partial charge in [0.15, 0.2) is 0 Å². The summed E-state index contributed by atoms with van der Waals surface area (Å²) in [6.45, 7) is 2.48. The Hall–Kier alpha value is -0.690. The third kappa shape index (κ3) is 8.93. The van der Waals surface area contributed by atoms with Crippen LogP contribution in [-0.2, 0) is 12.8 Å². The van der Waals surface area contributed by atoms with Crippen LogP contribution in [0, 0.1) is 10.2 Å². The van der Waals surface area contributed by atoms with E-state index in [1.807, 2.05) is 0 Å². The third-order valence-corrected chi connectivity index (χ3v) is 3.00. The van der Waals surface area contributed by atoms with E-state index in [1.165, 1.54) is 49.9 Å². The van der Waals surface area contributed by atoms with Crippen LogP contribution < -0.4 is 4.66 Å². The zero-order valence-electron chi connectivity index (χ0n) is 11.1. The average Bonchev–Trinajstić information content (AvgIpc) is 2.27. The summed E-state index contributed by atoms with van der Waals surface area (Å²) >= 11 is 0. The number of fused-ring (bicyclic) bond motifs is 2. The molecule has 0 aliphatic carbocycles. The number of rotatable bonds is 0. The van der Waals surface area contributed by atoms with E-state index in [4.69, 9.17) is 18.6 Å². The Bertz CT molecular complexity index is 350. The number of hydrogen-bond acceptors (Lipinski definition) is 5. The van der Waals surface area contributed by atoms with E-state index >= 15 is 0 Å². The molecule has 0 aromatic heterocycles. The Morgan fingerprint density at radius 1 is 1.05 bits per heavy atom. The van der Waals surface area contributed by atoms with Crippen molar-refractivity contribution in [1.82, 2.24) is 4.90 Å². The molecule has 110 valence electrons. The normalized spacial score (nSPS) is 18.2. The molecule has 1 aliphatic rings. The first-order chi connectivity index (χ1) is 8.84. The van der Waals surface area contributed by atoms with E-state index < -0.39 is 10.2 Å². The van der Waals surface area contributed by atoms with Gasteiger partial charge in [-0.2, -0.15) is 0 Å². The number of aryl methyl sites for hydroxylation is 2. The molecule has 0 spiro atoms. The SMILES string of the molecule is CN1CCCc2cccc(c2)CCC1.[O-][Cl+](O)(O)O.